The number of carbonyl (C=O) groups excluding carboxylic acids is 1. The highest BCUT2D eigenvalue weighted by Gasteiger charge is 2.33. The van der Waals surface area contributed by atoms with Crippen molar-refractivity contribution < 1.29 is 9.53 Å². The van der Waals surface area contributed by atoms with Crippen molar-refractivity contribution in [3.05, 3.63) is 47.0 Å². The van der Waals surface area contributed by atoms with Crippen LogP contribution in [0.4, 0.5) is 0 Å². The van der Waals surface area contributed by atoms with E-state index in [1.807, 2.05) is 37.3 Å². The minimum atomic E-state index is -0.177. The number of carbonyl (C=O) groups is 1. The first-order valence-electron chi connectivity index (χ1n) is 4.62. The zero-order chi connectivity index (χ0) is 10.1. The predicted octanol–water partition coefficient (Wildman–Crippen LogP) is 2.52. The Balaban J connectivity index is 2.60. The second-order valence-corrected chi connectivity index (χ2v) is 3.28. The van der Waals surface area contributed by atoms with Crippen molar-refractivity contribution in [3.63, 3.8) is 0 Å². The monoisotopic (exact) mass is 188 g/mol. The van der Waals surface area contributed by atoms with Crippen LogP contribution in [0.1, 0.15) is 28.9 Å². The first kappa shape index (κ1) is 9.16. The molecule has 2 rings (SSSR count). The van der Waals surface area contributed by atoms with Gasteiger partial charge in [0.15, 0.2) is 5.78 Å². The van der Waals surface area contributed by atoms with Gasteiger partial charge in [-0.2, -0.15) is 0 Å². The summed E-state index contributed by atoms with van der Waals surface area (Å²) in [5.74, 6) is 0.0925. The van der Waals surface area contributed by atoms with Crippen molar-refractivity contribution in [2.45, 2.75) is 13.0 Å². The number of hydrogen-bond donors (Lipinski definition) is 0. The van der Waals surface area contributed by atoms with E-state index in [4.69, 9.17) is 4.74 Å². The van der Waals surface area contributed by atoms with Gasteiger partial charge in [0, 0.05) is 18.2 Å². The molecule has 0 unspecified atom stereocenters. The molecule has 2 heteroatoms. The highest BCUT2D eigenvalue weighted by Crippen LogP contribution is 2.37. The normalized spacial score (nSPS) is 22.9. The van der Waals surface area contributed by atoms with E-state index in [2.05, 4.69) is 0 Å². The Labute approximate surface area is 83.2 Å². The minimum absolute atomic E-state index is 0.0925. The number of hydrogen-bond acceptors (Lipinski definition) is 2. The molecule has 1 aliphatic carbocycles. The van der Waals surface area contributed by atoms with Crippen LogP contribution in [0, 0.1) is 0 Å². The topological polar surface area (TPSA) is 26.3 Å². The Morgan fingerprint density at radius 1 is 1.36 bits per heavy atom. The van der Waals surface area contributed by atoms with Gasteiger partial charge >= 0.3 is 0 Å². The highest BCUT2D eigenvalue weighted by atomic mass is 16.5. The van der Waals surface area contributed by atoms with E-state index in [0.29, 0.717) is 0 Å². The zero-order valence-electron chi connectivity index (χ0n) is 8.28. The lowest BCUT2D eigenvalue weighted by Gasteiger charge is -2.09. The molecule has 14 heavy (non-hydrogen) atoms. The van der Waals surface area contributed by atoms with Crippen LogP contribution in [-0.2, 0) is 4.74 Å². The Hall–Kier alpha value is -1.41. The summed E-state index contributed by atoms with van der Waals surface area (Å²) in [5.41, 5.74) is 2.49. The maximum absolute atomic E-state index is 11.8. The summed E-state index contributed by atoms with van der Waals surface area (Å²) >= 11 is 0. The van der Waals surface area contributed by atoms with Gasteiger partial charge in [0.2, 0.25) is 0 Å². The smallest absolute Gasteiger partial charge is 0.192 e. The first-order valence-corrected chi connectivity index (χ1v) is 4.62. The van der Waals surface area contributed by atoms with Gasteiger partial charge in [0.05, 0.1) is 0 Å². The average Bonchev–Trinajstić information content (AvgIpc) is 2.51. The Morgan fingerprint density at radius 3 is 2.71 bits per heavy atom. The van der Waals surface area contributed by atoms with Gasteiger partial charge in [-0.25, -0.2) is 0 Å². The maximum Gasteiger partial charge on any atom is 0.192 e. The molecule has 0 saturated heterocycles. The second-order valence-electron chi connectivity index (χ2n) is 3.28. The number of ketones is 1. The molecule has 2 nitrogen and oxygen atoms in total. The molecule has 72 valence electrons. The molecule has 1 atom stereocenters. The first-order chi connectivity index (χ1) is 6.79. The molecule has 0 bridgehead atoms. The standard InChI is InChI=1S/C12H12O2/c1-3-8-11(13)9-6-4-5-7-10(9)12(8)14-2/h3-7,12H,1-2H3/b8-3-/t12-/m0/s1. The molecule has 1 aromatic rings. The molecule has 0 amide bonds. The van der Waals surface area contributed by atoms with E-state index in [1.54, 1.807) is 7.11 Å². The van der Waals surface area contributed by atoms with Crippen molar-refractivity contribution in [3.8, 4) is 0 Å². The molecule has 0 spiro atoms. The number of methoxy groups -OCH3 is 1. The summed E-state index contributed by atoms with van der Waals surface area (Å²) in [5, 5.41) is 0. The minimum Gasteiger partial charge on any atom is -0.372 e. The van der Waals surface area contributed by atoms with Crippen molar-refractivity contribution in [2.75, 3.05) is 7.11 Å². The molecule has 1 aromatic carbocycles. The number of rotatable bonds is 1. The Morgan fingerprint density at radius 2 is 2.07 bits per heavy atom. The average molecular weight is 188 g/mol. The molecule has 0 aromatic heterocycles. The van der Waals surface area contributed by atoms with Crippen LogP contribution in [0.15, 0.2) is 35.9 Å². The lowest BCUT2D eigenvalue weighted by molar-refractivity contribution is 0.0977. The van der Waals surface area contributed by atoms with Crippen LogP contribution in [-0.4, -0.2) is 12.9 Å². The van der Waals surface area contributed by atoms with Gasteiger partial charge in [-0.3, -0.25) is 4.79 Å². The van der Waals surface area contributed by atoms with E-state index in [0.717, 1.165) is 16.7 Å². The fourth-order valence-corrected chi connectivity index (χ4v) is 1.91. The number of allylic oxidation sites excluding steroid dienone is 1. The van der Waals surface area contributed by atoms with Crippen LogP contribution in [0.5, 0.6) is 0 Å². The summed E-state index contributed by atoms with van der Waals surface area (Å²) < 4.78 is 5.32. The summed E-state index contributed by atoms with van der Waals surface area (Å²) in [6, 6.07) is 7.59. The van der Waals surface area contributed by atoms with Gasteiger partial charge in [0.1, 0.15) is 6.10 Å². The van der Waals surface area contributed by atoms with Crippen LogP contribution in [0.25, 0.3) is 0 Å². The van der Waals surface area contributed by atoms with Crippen molar-refractivity contribution in [2.24, 2.45) is 0 Å². The molecule has 0 N–H and O–H groups in total. The quantitative estimate of drug-likeness (QED) is 0.633. The lowest BCUT2D eigenvalue weighted by atomic mass is 10.1. The molecular weight excluding hydrogens is 176 g/mol. The van der Waals surface area contributed by atoms with Crippen LogP contribution in [0.3, 0.4) is 0 Å². The molecular formula is C12H12O2. The number of Topliss-reactive ketones (excluding diaryl/α,β-unsaturated/α-hetero) is 1. The van der Waals surface area contributed by atoms with Gasteiger partial charge in [-0.15, -0.1) is 0 Å². The van der Waals surface area contributed by atoms with E-state index >= 15 is 0 Å². The van der Waals surface area contributed by atoms with Crippen molar-refractivity contribution >= 4 is 5.78 Å². The SMILES string of the molecule is C/C=C1/C(=O)c2ccccc2[C@H]1OC. The molecule has 1 aliphatic rings. The molecule has 0 fully saturated rings. The summed E-state index contributed by atoms with van der Waals surface area (Å²) in [6.45, 7) is 1.87. The zero-order valence-corrected chi connectivity index (χ0v) is 8.28. The third-order valence-electron chi connectivity index (χ3n) is 2.58. The van der Waals surface area contributed by atoms with Gasteiger partial charge in [-0.1, -0.05) is 30.3 Å². The highest BCUT2D eigenvalue weighted by molar-refractivity contribution is 6.13. The van der Waals surface area contributed by atoms with Crippen molar-refractivity contribution in [1.29, 1.82) is 0 Å². The number of ether oxygens (including phenoxy) is 1. The van der Waals surface area contributed by atoms with Crippen LogP contribution >= 0.6 is 0 Å². The second kappa shape index (κ2) is 3.39. The van der Waals surface area contributed by atoms with Crippen molar-refractivity contribution in [1.82, 2.24) is 0 Å². The Kier molecular flexibility index (Phi) is 2.22. The summed E-state index contributed by atoms with van der Waals surface area (Å²) in [4.78, 5) is 11.8. The molecule has 0 heterocycles. The molecule has 0 radical (unpaired) electrons. The fourth-order valence-electron chi connectivity index (χ4n) is 1.91. The maximum atomic E-state index is 11.8. The van der Waals surface area contributed by atoms with Gasteiger partial charge in [0.25, 0.3) is 0 Å². The Bertz CT molecular complexity index is 405. The molecule has 0 aliphatic heterocycles. The molecule has 0 saturated carbocycles. The third-order valence-corrected chi connectivity index (χ3v) is 2.58. The van der Waals surface area contributed by atoms with Gasteiger partial charge < -0.3 is 4.74 Å². The van der Waals surface area contributed by atoms with E-state index in [1.165, 1.54) is 0 Å². The van der Waals surface area contributed by atoms with Crippen LogP contribution < -0.4 is 0 Å². The van der Waals surface area contributed by atoms with Gasteiger partial charge in [-0.05, 0) is 12.5 Å². The fraction of sp³-hybridized carbons (Fsp3) is 0.250. The number of fused-ring (bicyclic) bond motifs is 1. The van der Waals surface area contributed by atoms with Crippen LogP contribution in [0.2, 0.25) is 0 Å². The third kappa shape index (κ3) is 1.11. The number of benzene rings is 1. The van der Waals surface area contributed by atoms with E-state index in [-0.39, 0.29) is 11.9 Å². The summed E-state index contributed by atoms with van der Waals surface area (Å²) in [6.07, 6.45) is 1.65. The summed E-state index contributed by atoms with van der Waals surface area (Å²) in [7, 11) is 1.63. The largest absolute Gasteiger partial charge is 0.372 e. The van der Waals surface area contributed by atoms with E-state index in [9.17, 15) is 4.79 Å². The van der Waals surface area contributed by atoms with E-state index < -0.39 is 0 Å². The predicted molar refractivity (Wildman–Crippen MR) is 54.3 cm³/mol. The lowest BCUT2D eigenvalue weighted by Crippen LogP contribution is -2.01.